The van der Waals surface area contributed by atoms with E-state index in [1.807, 2.05) is 0 Å². The lowest BCUT2D eigenvalue weighted by Crippen LogP contribution is -2.36. The van der Waals surface area contributed by atoms with Crippen molar-refractivity contribution in [3.8, 4) is 0 Å². The fourth-order valence-corrected chi connectivity index (χ4v) is 3.32. The summed E-state index contributed by atoms with van der Waals surface area (Å²) in [5.74, 6) is -2.24. The van der Waals surface area contributed by atoms with Crippen LogP contribution in [0.2, 0.25) is 0 Å². The molecule has 1 aliphatic carbocycles. The molecular weight excluding hydrogens is 327 g/mol. The van der Waals surface area contributed by atoms with Gasteiger partial charge in [0, 0.05) is 18.0 Å². The van der Waals surface area contributed by atoms with Crippen LogP contribution in [0, 0.1) is 11.7 Å². The molecule has 0 aliphatic heterocycles. The number of carbonyl (C=O) groups excluding carboxylic acids is 1. The van der Waals surface area contributed by atoms with Crippen LogP contribution in [0.3, 0.4) is 0 Å². The van der Waals surface area contributed by atoms with Crippen LogP contribution in [0.4, 0.5) is 14.9 Å². The third-order valence-electron chi connectivity index (χ3n) is 3.71. The normalized spacial score (nSPS) is 21.0. The van der Waals surface area contributed by atoms with Crippen LogP contribution in [0.1, 0.15) is 19.3 Å². The van der Waals surface area contributed by atoms with Crippen molar-refractivity contribution in [3.05, 3.63) is 24.0 Å². The van der Waals surface area contributed by atoms with Crippen LogP contribution >= 0.6 is 0 Å². The van der Waals surface area contributed by atoms with Crippen molar-refractivity contribution >= 4 is 27.5 Å². The second kappa shape index (κ2) is 6.53. The number of amides is 2. The maximum atomic E-state index is 13.5. The minimum Gasteiger partial charge on any atom is -0.481 e. The molecule has 126 valence electrons. The van der Waals surface area contributed by atoms with Crippen LogP contribution in [-0.2, 0) is 14.6 Å². The van der Waals surface area contributed by atoms with Gasteiger partial charge < -0.3 is 15.7 Å². The maximum absolute atomic E-state index is 13.5. The predicted octanol–water partition coefficient (Wildman–Crippen LogP) is 1.60. The summed E-state index contributed by atoms with van der Waals surface area (Å²) in [6, 6.07) is 2.40. The highest BCUT2D eigenvalue weighted by Gasteiger charge is 2.30. The zero-order valence-corrected chi connectivity index (χ0v) is 13.2. The van der Waals surface area contributed by atoms with Crippen LogP contribution in [0.5, 0.6) is 0 Å². The molecule has 23 heavy (non-hydrogen) atoms. The molecule has 0 unspecified atom stereocenters. The first-order valence-electron chi connectivity index (χ1n) is 6.96. The van der Waals surface area contributed by atoms with Gasteiger partial charge in [0.1, 0.15) is 10.7 Å². The summed E-state index contributed by atoms with van der Waals surface area (Å²) >= 11 is 0. The second-order valence-electron chi connectivity index (χ2n) is 5.56. The third kappa shape index (κ3) is 4.41. The minimum absolute atomic E-state index is 0.136. The van der Waals surface area contributed by atoms with Gasteiger partial charge in [0.05, 0.1) is 5.92 Å². The van der Waals surface area contributed by atoms with Crippen molar-refractivity contribution in [1.29, 1.82) is 0 Å². The van der Waals surface area contributed by atoms with Gasteiger partial charge in [-0.2, -0.15) is 0 Å². The second-order valence-corrected chi connectivity index (χ2v) is 7.55. The van der Waals surface area contributed by atoms with Crippen LogP contribution in [0.15, 0.2) is 23.1 Å². The molecule has 2 amide bonds. The van der Waals surface area contributed by atoms with E-state index in [9.17, 15) is 22.4 Å². The van der Waals surface area contributed by atoms with Crippen molar-refractivity contribution < 1.29 is 27.5 Å². The number of hydrogen-bond acceptors (Lipinski definition) is 4. The SMILES string of the molecule is CS(=O)(=O)c1cc(NC(=O)N[C@@H]2CC[C@H](C(=O)O)C2)ccc1F. The summed E-state index contributed by atoms with van der Waals surface area (Å²) in [5.41, 5.74) is 0.136. The van der Waals surface area contributed by atoms with Gasteiger partial charge in [0.2, 0.25) is 0 Å². The van der Waals surface area contributed by atoms with E-state index in [1.165, 1.54) is 6.07 Å². The first-order valence-corrected chi connectivity index (χ1v) is 8.86. The summed E-state index contributed by atoms with van der Waals surface area (Å²) in [6.45, 7) is 0. The van der Waals surface area contributed by atoms with Gasteiger partial charge in [-0.05, 0) is 37.5 Å². The molecule has 0 spiro atoms. The molecular formula is C14H17FN2O5S. The fraction of sp³-hybridized carbons (Fsp3) is 0.429. The summed E-state index contributed by atoms with van der Waals surface area (Å²) in [5, 5.41) is 14.0. The van der Waals surface area contributed by atoms with E-state index < -0.39 is 38.5 Å². The molecule has 1 saturated carbocycles. The number of carboxylic acids is 1. The Hall–Kier alpha value is -2.16. The molecule has 2 atom stereocenters. The highest BCUT2D eigenvalue weighted by molar-refractivity contribution is 7.90. The highest BCUT2D eigenvalue weighted by atomic mass is 32.2. The average Bonchev–Trinajstić information content (AvgIpc) is 2.88. The Bertz CT molecular complexity index is 735. The Balaban J connectivity index is 2.00. The Labute approximate surface area is 132 Å². The molecule has 0 saturated heterocycles. The van der Waals surface area contributed by atoms with Gasteiger partial charge in [-0.3, -0.25) is 4.79 Å². The van der Waals surface area contributed by atoms with Crippen molar-refractivity contribution in [1.82, 2.24) is 5.32 Å². The molecule has 3 N–H and O–H groups in total. The first-order chi connectivity index (χ1) is 10.7. The van der Waals surface area contributed by atoms with Crippen molar-refractivity contribution in [3.63, 3.8) is 0 Å². The topological polar surface area (TPSA) is 113 Å². The number of rotatable bonds is 4. The first kappa shape index (κ1) is 17.2. The number of nitrogens with one attached hydrogen (secondary N) is 2. The number of carboxylic acid groups (broad SMARTS) is 1. The average molecular weight is 344 g/mol. The Morgan fingerprint density at radius 1 is 1.30 bits per heavy atom. The van der Waals surface area contributed by atoms with Gasteiger partial charge in [-0.1, -0.05) is 0 Å². The van der Waals surface area contributed by atoms with Gasteiger partial charge in [0.25, 0.3) is 0 Å². The standard InChI is InChI=1S/C14H17FN2O5S/c1-23(21,22)12-7-10(4-5-11(12)15)17-14(20)16-9-3-2-8(6-9)13(18)19/h4-5,7-9H,2-3,6H2,1H3,(H,18,19)(H2,16,17,20)/t8-,9+/m0/s1. The maximum Gasteiger partial charge on any atom is 0.319 e. The number of aliphatic carboxylic acids is 1. The van der Waals surface area contributed by atoms with Crippen LogP contribution < -0.4 is 10.6 Å². The molecule has 9 heteroatoms. The number of benzene rings is 1. The molecule has 1 aliphatic rings. The molecule has 0 heterocycles. The van der Waals surface area contributed by atoms with Crippen LogP contribution in [0.25, 0.3) is 0 Å². The fourth-order valence-electron chi connectivity index (χ4n) is 2.55. The molecule has 0 aromatic heterocycles. The summed E-state index contributed by atoms with van der Waals surface area (Å²) < 4.78 is 36.4. The van der Waals surface area contributed by atoms with Gasteiger partial charge in [-0.15, -0.1) is 0 Å². The largest absolute Gasteiger partial charge is 0.481 e. The lowest BCUT2D eigenvalue weighted by Gasteiger charge is -2.14. The summed E-state index contributed by atoms with van der Waals surface area (Å²) in [6.07, 6.45) is 2.28. The number of anilines is 1. The molecule has 2 rings (SSSR count). The predicted molar refractivity (Wildman–Crippen MR) is 80.4 cm³/mol. The Kier molecular flexibility index (Phi) is 4.88. The van der Waals surface area contributed by atoms with E-state index in [0.717, 1.165) is 18.4 Å². The monoisotopic (exact) mass is 344 g/mol. The molecule has 0 radical (unpaired) electrons. The van der Waals surface area contributed by atoms with E-state index >= 15 is 0 Å². The molecule has 1 aromatic carbocycles. The third-order valence-corrected chi connectivity index (χ3v) is 4.82. The number of halogens is 1. The quantitative estimate of drug-likeness (QED) is 0.768. The van der Waals surface area contributed by atoms with E-state index in [4.69, 9.17) is 5.11 Å². The number of sulfone groups is 1. The van der Waals surface area contributed by atoms with E-state index in [-0.39, 0.29) is 11.7 Å². The van der Waals surface area contributed by atoms with Crippen LogP contribution in [-0.4, -0.2) is 37.8 Å². The van der Waals surface area contributed by atoms with E-state index in [0.29, 0.717) is 19.3 Å². The van der Waals surface area contributed by atoms with Crippen molar-refractivity contribution in [2.24, 2.45) is 5.92 Å². The molecule has 1 fully saturated rings. The lowest BCUT2D eigenvalue weighted by atomic mass is 10.1. The van der Waals surface area contributed by atoms with E-state index in [2.05, 4.69) is 10.6 Å². The van der Waals surface area contributed by atoms with E-state index in [1.54, 1.807) is 0 Å². The summed E-state index contributed by atoms with van der Waals surface area (Å²) in [7, 11) is -3.74. The smallest absolute Gasteiger partial charge is 0.319 e. The Morgan fingerprint density at radius 2 is 2.00 bits per heavy atom. The number of carbonyl (C=O) groups is 2. The zero-order valence-electron chi connectivity index (χ0n) is 12.4. The molecule has 0 bridgehead atoms. The molecule has 1 aromatic rings. The lowest BCUT2D eigenvalue weighted by molar-refractivity contribution is -0.141. The number of hydrogen-bond donors (Lipinski definition) is 3. The Morgan fingerprint density at radius 3 is 2.57 bits per heavy atom. The van der Waals surface area contributed by atoms with Gasteiger partial charge >= 0.3 is 12.0 Å². The van der Waals surface area contributed by atoms with Crippen molar-refractivity contribution in [2.45, 2.75) is 30.2 Å². The summed E-state index contributed by atoms with van der Waals surface area (Å²) in [4.78, 5) is 22.2. The highest BCUT2D eigenvalue weighted by Crippen LogP contribution is 2.26. The van der Waals surface area contributed by atoms with Gasteiger partial charge in [0.15, 0.2) is 9.84 Å². The van der Waals surface area contributed by atoms with Crippen molar-refractivity contribution in [2.75, 3.05) is 11.6 Å². The molecule has 7 nitrogen and oxygen atoms in total. The number of urea groups is 1. The zero-order chi connectivity index (χ0) is 17.2. The minimum atomic E-state index is -3.74. The van der Waals surface area contributed by atoms with Gasteiger partial charge in [-0.25, -0.2) is 17.6 Å².